The van der Waals surface area contributed by atoms with Crippen molar-refractivity contribution < 1.29 is 33.9 Å². The normalized spacial score (nSPS) is 25.9. The van der Waals surface area contributed by atoms with E-state index in [1.54, 1.807) is 12.1 Å². The molecule has 13 heteroatoms. The van der Waals surface area contributed by atoms with Crippen LogP contribution in [0.3, 0.4) is 0 Å². The number of phenols is 1. The number of carbonyl (C=O) groups is 6. The summed E-state index contributed by atoms with van der Waals surface area (Å²) >= 11 is 0. The highest BCUT2D eigenvalue weighted by Gasteiger charge is 2.41. The van der Waals surface area contributed by atoms with Gasteiger partial charge in [0.2, 0.25) is 35.4 Å². The van der Waals surface area contributed by atoms with E-state index in [0.717, 1.165) is 5.56 Å². The van der Waals surface area contributed by atoms with Crippen molar-refractivity contribution in [2.45, 2.75) is 89.0 Å². The molecule has 3 saturated heterocycles. The van der Waals surface area contributed by atoms with E-state index in [1.165, 1.54) is 21.9 Å². The van der Waals surface area contributed by atoms with Crippen molar-refractivity contribution in [2.24, 2.45) is 5.92 Å². The summed E-state index contributed by atoms with van der Waals surface area (Å²) in [6.45, 7) is 4.05. The Morgan fingerprint density at radius 3 is 1.86 bits per heavy atom. The molecule has 0 spiro atoms. The van der Waals surface area contributed by atoms with Crippen molar-refractivity contribution in [1.29, 1.82) is 0 Å². The molecule has 0 unspecified atom stereocenters. The standard InChI is InChI=1S/C36H46N6O7/c1-22(2)18-27-35(48)42-17-7-11-30(42)34(47)39-26(19-23-8-4-3-5-9-23)32(45)40-28(20-24-12-14-25(43)15-13-24)36(49)41-16-6-10-29(41)33(46)37-21-31(44)38-27/h3-5,8-9,12-15,22,26-30,43H,6-7,10-11,16-21H2,1-2H3,(H,37,46)(H,38,44)(H,39,47)(H,40,45)/t26-,27-,28-,29-,30-/m0/s1. The quantitative estimate of drug-likeness (QED) is 0.301. The lowest BCUT2D eigenvalue weighted by Crippen LogP contribution is -2.60. The highest BCUT2D eigenvalue weighted by molar-refractivity contribution is 5.98. The Hall–Kier alpha value is -4.94. The van der Waals surface area contributed by atoms with Crippen LogP contribution in [0.4, 0.5) is 0 Å². The van der Waals surface area contributed by atoms with Crippen LogP contribution in [0.15, 0.2) is 54.6 Å². The monoisotopic (exact) mass is 674 g/mol. The SMILES string of the molecule is CC(C)C[C@@H]1NC(=O)CNC(=O)[C@@H]2CCCN2C(=O)[C@H](Cc2ccc(O)cc2)NC(=O)[C@H](Cc2ccccc2)NC(=O)[C@@H]2CCCN2C1=O. The van der Waals surface area contributed by atoms with E-state index in [2.05, 4.69) is 21.3 Å². The first-order valence-electron chi connectivity index (χ1n) is 17.1. The number of carbonyl (C=O) groups excluding carboxylic acids is 6. The van der Waals surface area contributed by atoms with Gasteiger partial charge in [-0.05, 0) is 61.3 Å². The summed E-state index contributed by atoms with van der Waals surface area (Å²) in [5.41, 5.74) is 1.44. The van der Waals surface area contributed by atoms with Crippen LogP contribution in [0.5, 0.6) is 5.75 Å². The third-order valence-electron chi connectivity index (χ3n) is 9.35. The molecule has 0 aliphatic carbocycles. The molecule has 0 bridgehead atoms. The highest BCUT2D eigenvalue weighted by Crippen LogP contribution is 2.23. The molecule has 49 heavy (non-hydrogen) atoms. The van der Waals surface area contributed by atoms with Crippen LogP contribution >= 0.6 is 0 Å². The molecule has 0 aromatic heterocycles. The number of fused-ring (bicyclic) bond motifs is 2. The van der Waals surface area contributed by atoms with Crippen LogP contribution in [-0.4, -0.2) is 100 Å². The van der Waals surface area contributed by atoms with Gasteiger partial charge in [0.25, 0.3) is 0 Å². The molecular formula is C36H46N6O7. The highest BCUT2D eigenvalue weighted by atomic mass is 16.3. The third kappa shape index (κ3) is 8.95. The van der Waals surface area contributed by atoms with Crippen LogP contribution in [0, 0.1) is 5.92 Å². The van der Waals surface area contributed by atoms with Crippen molar-refractivity contribution in [2.75, 3.05) is 19.6 Å². The molecule has 3 aliphatic rings. The fourth-order valence-corrected chi connectivity index (χ4v) is 6.90. The van der Waals surface area contributed by atoms with Gasteiger partial charge in [-0.15, -0.1) is 0 Å². The van der Waals surface area contributed by atoms with Crippen LogP contribution in [-0.2, 0) is 41.6 Å². The maximum Gasteiger partial charge on any atom is 0.246 e. The summed E-state index contributed by atoms with van der Waals surface area (Å²) in [4.78, 5) is 85.5. The molecule has 5 N–H and O–H groups in total. The topological polar surface area (TPSA) is 177 Å². The zero-order chi connectivity index (χ0) is 35.1. The molecule has 2 aromatic rings. The Kier molecular flexibility index (Phi) is 11.5. The summed E-state index contributed by atoms with van der Waals surface area (Å²) in [7, 11) is 0. The van der Waals surface area contributed by atoms with Gasteiger partial charge in [-0.1, -0.05) is 56.3 Å². The van der Waals surface area contributed by atoms with Crippen molar-refractivity contribution in [3.63, 3.8) is 0 Å². The molecule has 6 amide bonds. The van der Waals surface area contributed by atoms with E-state index in [-0.39, 0.29) is 31.1 Å². The first-order valence-corrected chi connectivity index (χ1v) is 17.1. The Labute approximate surface area is 286 Å². The summed E-state index contributed by atoms with van der Waals surface area (Å²) < 4.78 is 0. The van der Waals surface area contributed by atoms with Gasteiger partial charge in [-0.3, -0.25) is 28.8 Å². The Balaban J connectivity index is 1.50. The van der Waals surface area contributed by atoms with Gasteiger partial charge in [-0.25, -0.2) is 0 Å². The van der Waals surface area contributed by atoms with Crippen LogP contribution < -0.4 is 21.3 Å². The second kappa shape index (κ2) is 16.0. The number of aromatic hydroxyl groups is 1. The van der Waals surface area contributed by atoms with Crippen LogP contribution in [0.1, 0.15) is 57.1 Å². The minimum absolute atomic E-state index is 0.0445. The first kappa shape index (κ1) is 35.4. The number of hydrogen-bond acceptors (Lipinski definition) is 7. The number of amides is 6. The second-order valence-corrected chi connectivity index (χ2v) is 13.5. The van der Waals surface area contributed by atoms with Gasteiger partial charge in [0, 0.05) is 25.9 Å². The molecule has 5 rings (SSSR count). The summed E-state index contributed by atoms with van der Waals surface area (Å²) in [5, 5.41) is 21.0. The van der Waals surface area contributed by atoms with E-state index in [9.17, 15) is 33.9 Å². The average Bonchev–Trinajstić information content (AvgIpc) is 3.77. The lowest BCUT2D eigenvalue weighted by atomic mass is 10.0. The number of nitrogens with one attached hydrogen (secondary N) is 4. The molecule has 13 nitrogen and oxygen atoms in total. The molecule has 3 heterocycles. The lowest BCUT2D eigenvalue weighted by molar-refractivity contribution is -0.144. The van der Waals surface area contributed by atoms with Crippen LogP contribution in [0.25, 0.3) is 0 Å². The van der Waals surface area contributed by atoms with Gasteiger partial charge in [0.15, 0.2) is 0 Å². The minimum Gasteiger partial charge on any atom is -0.508 e. The van der Waals surface area contributed by atoms with Gasteiger partial charge >= 0.3 is 0 Å². The van der Waals surface area contributed by atoms with Crippen molar-refractivity contribution in [3.05, 3.63) is 65.7 Å². The predicted octanol–water partition coefficient (Wildman–Crippen LogP) is 0.790. The van der Waals surface area contributed by atoms with Gasteiger partial charge in [0.1, 0.15) is 36.0 Å². The number of phenolic OH excluding ortho intramolecular Hbond substituents is 1. The van der Waals surface area contributed by atoms with E-state index in [4.69, 9.17) is 0 Å². The second-order valence-electron chi connectivity index (χ2n) is 13.5. The van der Waals surface area contributed by atoms with Crippen LogP contribution in [0.2, 0.25) is 0 Å². The minimum atomic E-state index is -1.11. The van der Waals surface area contributed by atoms with Gasteiger partial charge in [-0.2, -0.15) is 0 Å². The fourth-order valence-electron chi connectivity index (χ4n) is 6.90. The molecule has 5 atom stereocenters. The smallest absolute Gasteiger partial charge is 0.246 e. The van der Waals surface area contributed by atoms with Crippen molar-refractivity contribution >= 4 is 35.4 Å². The van der Waals surface area contributed by atoms with E-state index in [0.29, 0.717) is 44.2 Å². The van der Waals surface area contributed by atoms with Gasteiger partial charge in [0.05, 0.1) is 6.54 Å². The van der Waals surface area contributed by atoms with E-state index < -0.39 is 72.2 Å². The number of hydrogen-bond donors (Lipinski definition) is 5. The van der Waals surface area contributed by atoms with E-state index in [1.807, 2.05) is 44.2 Å². The maximum atomic E-state index is 14.2. The Bertz CT molecular complexity index is 1530. The Morgan fingerprint density at radius 1 is 0.673 bits per heavy atom. The van der Waals surface area contributed by atoms with Crippen molar-refractivity contribution in [3.8, 4) is 5.75 Å². The lowest BCUT2D eigenvalue weighted by Gasteiger charge is -2.32. The fraction of sp³-hybridized carbons (Fsp3) is 0.500. The van der Waals surface area contributed by atoms with Gasteiger partial charge < -0.3 is 36.2 Å². The zero-order valence-electron chi connectivity index (χ0n) is 28.0. The molecule has 0 radical (unpaired) electrons. The molecular weight excluding hydrogens is 628 g/mol. The maximum absolute atomic E-state index is 14.2. The Morgan fingerprint density at radius 2 is 1.22 bits per heavy atom. The molecule has 3 fully saturated rings. The number of nitrogens with zero attached hydrogens (tertiary/aromatic N) is 2. The first-order chi connectivity index (χ1) is 23.5. The molecule has 3 aliphatic heterocycles. The predicted molar refractivity (Wildman–Crippen MR) is 180 cm³/mol. The largest absolute Gasteiger partial charge is 0.508 e. The van der Waals surface area contributed by atoms with E-state index >= 15 is 0 Å². The number of rotatable bonds is 6. The number of benzene rings is 2. The van der Waals surface area contributed by atoms with Crippen molar-refractivity contribution in [1.82, 2.24) is 31.1 Å². The summed E-state index contributed by atoms with van der Waals surface area (Å²) in [6.07, 6.45) is 2.38. The zero-order valence-corrected chi connectivity index (χ0v) is 28.0. The third-order valence-corrected chi connectivity index (χ3v) is 9.35. The summed E-state index contributed by atoms with van der Waals surface area (Å²) in [5.74, 6) is -2.91. The summed E-state index contributed by atoms with van der Waals surface area (Å²) in [6, 6.07) is 10.6. The molecule has 262 valence electrons. The molecule has 0 saturated carbocycles. The molecule has 2 aromatic carbocycles. The average molecular weight is 675 g/mol.